The smallest absolute Gasteiger partial charge is 1.00 e. The maximum atomic E-state index is 4.98. The summed E-state index contributed by atoms with van der Waals surface area (Å²) in [4.78, 5) is 0. The SMILES string of the molecule is COc1cc[c]([Zn+])cc1.[I-]. The molecule has 0 unspecified atom stereocenters. The van der Waals surface area contributed by atoms with Crippen LogP contribution in [0.1, 0.15) is 0 Å². The Hall–Kier alpha value is 0.373. The molecule has 0 atom stereocenters. The van der Waals surface area contributed by atoms with Crippen LogP contribution in [0, 0.1) is 0 Å². The van der Waals surface area contributed by atoms with Crippen molar-refractivity contribution in [2.75, 3.05) is 7.11 Å². The van der Waals surface area contributed by atoms with Crippen molar-refractivity contribution in [2.45, 2.75) is 0 Å². The summed E-state index contributed by atoms with van der Waals surface area (Å²) in [6, 6.07) is 8.13. The summed E-state index contributed by atoms with van der Waals surface area (Å²) >= 11 is 1.21. The zero-order valence-electron chi connectivity index (χ0n) is 5.80. The average molecular weight is 299 g/mol. The van der Waals surface area contributed by atoms with Crippen molar-refractivity contribution in [1.82, 2.24) is 0 Å². The molecule has 50 valence electrons. The molecule has 10 heavy (non-hydrogen) atoms. The average Bonchev–Trinajstić information content (AvgIpc) is 1.90. The first kappa shape index (κ1) is 10.4. The molecule has 0 aliphatic rings. The number of methoxy groups -OCH3 is 1. The van der Waals surface area contributed by atoms with Gasteiger partial charge in [-0.1, -0.05) is 0 Å². The Morgan fingerprint density at radius 3 is 2.10 bits per heavy atom. The molecule has 1 rings (SSSR count). The molecular weight excluding hydrogens is 292 g/mol. The van der Waals surface area contributed by atoms with E-state index in [9.17, 15) is 0 Å². The van der Waals surface area contributed by atoms with E-state index >= 15 is 0 Å². The Morgan fingerprint density at radius 2 is 1.70 bits per heavy atom. The van der Waals surface area contributed by atoms with Crippen molar-refractivity contribution in [3.8, 4) is 5.75 Å². The molecule has 0 aromatic heterocycles. The molecule has 0 saturated carbocycles. The fraction of sp³-hybridized carbons (Fsp3) is 0.143. The van der Waals surface area contributed by atoms with Crippen LogP contribution >= 0.6 is 0 Å². The van der Waals surface area contributed by atoms with E-state index in [1.165, 1.54) is 22.5 Å². The normalized spacial score (nSPS) is 8.30. The molecule has 0 N–H and O–H groups in total. The van der Waals surface area contributed by atoms with Gasteiger partial charge in [0.1, 0.15) is 0 Å². The van der Waals surface area contributed by atoms with Gasteiger partial charge in [-0.3, -0.25) is 0 Å². The summed E-state index contributed by atoms with van der Waals surface area (Å²) in [5.74, 6) is 0.937. The minimum Gasteiger partial charge on any atom is -1.00 e. The van der Waals surface area contributed by atoms with Crippen LogP contribution in [0.2, 0.25) is 0 Å². The topological polar surface area (TPSA) is 9.23 Å². The Balaban J connectivity index is 0.000000810. The quantitative estimate of drug-likeness (QED) is 0.425. The van der Waals surface area contributed by atoms with Crippen molar-refractivity contribution in [1.29, 1.82) is 0 Å². The first-order chi connectivity index (χ1) is 4.33. The third-order valence-corrected chi connectivity index (χ3v) is 2.15. The van der Waals surface area contributed by atoms with Gasteiger partial charge in [0.15, 0.2) is 0 Å². The van der Waals surface area contributed by atoms with Crippen molar-refractivity contribution in [3.63, 3.8) is 0 Å². The molecule has 0 fully saturated rings. The number of hydrogen-bond acceptors (Lipinski definition) is 1. The van der Waals surface area contributed by atoms with E-state index in [-0.39, 0.29) is 24.0 Å². The van der Waals surface area contributed by atoms with Gasteiger partial charge in [0.25, 0.3) is 0 Å². The molecular formula is C7H7IOZn. The number of benzene rings is 1. The van der Waals surface area contributed by atoms with Crippen molar-refractivity contribution in [3.05, 3.63) is 24.3 Å². The Kier molecular flexibility index (Phi) is 5.27. The summed E-state index contributed by atoms with van der Waals surface area (Å²) in [6.45, 7) is 0. The molecule has 0 spiro atoms. The van der Waals surface area contributed by atoms with Gasteiger partial charge >= 0.3 is 64.3 Å². The van der Waals surface area contributed by atoms with Crippen LogP contribution in [0.25, 0.3) is 0 Å². The Morgan fingerprint density at radius 1 is 1.20 bits per heavy atom. The Bertz CT molecular complexity index is 185. The third kappa shape index (κ3) is 2.97. The number of rotatable bonds is 1. The third-order valence-electron chi connectivity index (χ3n) is 1.16. The van der Waals surface area contributed by atoms with Gasteiger partial charge in [0.2, 0.25) is 0 Å². The van der Waals surface area contributed by atoms with Crippen LogP contribution in [0.15, 0.2) is 24.3 Å². The fourth-order valence-electron chi connectivity index (χ4n) is 0.626. The predicted octanol–water partition coefficient (Wildman–Crippen LogP) is -2.13. The summed E-state index contributed by atoms with van der Waals surface area (Å²) < 4.78 is 6.37. The van der Waals surface area contributed by atoms with Gasteiger partial charge in [0, 0.05) is 0 Å². The molecule has 0 amide bonds. The van der Waals surface area contributed by atoms with Crippen LogP contribution in [0.5, 0.6) is 5.75 Å². The molecule has 1 nitrogen and oxygen atoms in total. The molecule has 0 radical (unpaired) electrons. The summed E-state index contributed by atoms with van der Waals surface area (Å²) in [6.07, 6.45) is 0. The monoisotopic (exact) mass is 298 g/mol. The van der Waals surface area contributed by atoms with Crippen molar-refractivity contribution in [2.24, 2.45) is 0 Å². The second-order valence-corrected chi connectivity index (χ2v) is 3.56. The fourth-order valence-corrected chi connectivity index (χ4v) is 1.12. The molecule has 0 aliphatic carbocycles. The molecule has 3 heteroatoms. The van der Waals surface area contributed by atoms with Crippen molar-refractivity contribution >= 4 is 4.16 Å². The van der Waals surface area contributed by atoms with Gasteiger partial charge < -0.3 is 24.0 Å². The van der Waals surface area contributed by atoms with Crippen LogP contribution < -0.4 is 32.9 Å². The molecule has 1 aromatic rings. The minimum atomic E-state index is 0. The summed E-state index contributed by atoms with van der Waals surface area (Å²) in [5, 5.41) is 0. The first-order valence-corrected chi connectivity index (χ1v) is 4.27. The van der Waals surface area contributed by atoms with E-state index in [0.717, 1.165) is 5.75 Å². The molecule has 0 bridgehead atoms. The van der Waals surface area contributed by atoms with Crippen LogP contribution in [0.4, 0.5) is 0 Å². The molecule has 1 aromatic carbocycles. The summed E-state index contributed by atoms with van der Waals surface area (Å²) in [7, 11) is 1.68. The molecule has 0 heterocycles. The molecule has 0 saturated heterocycles. The maximum Gasteiger partial charge on any atom is -1.00 e. The van der Waals surface area contributed by atoms with Gasteiger partial charge in [-0.15, -0.1) is 0 Å². The van der Waals surface area contributed by atoms with Gasteiger partial charge in [-0.05, 0) is 0 Å². The molecule has 0 aliphatic heterocycles. The van der Waals surface area contributed by atoms with Gasteiger partial charge in [0.05, 0.1) is 0 Å². The van der Waals surface area contributed by atoms with E-state index in [1.54, 1.807) is 7.11 Å². The largest absolute Gasteiger partial charge is 1.00 e. The maximum absolute atomic E-state index is 4.98. The zero-order chi connectivity index (χ0) is 6.69. The number of hydrogen-bond donors (Lipinski definition) is 0. The standard InChI is InChI=1S/C7H7O.HI.Zn/c1-8-7-5-3-2-4-6-7;;/h3-6H,1H3;1H;/q;;+1/p-1. The second kappa shape index (κ2) is 5.08. The van der Waals surface area contributed by atoms with Gasteiger partial charge in [-0.2, -0.15) is 0 Å². The van der Waals surface area contributed by atoms with Crippen LogP contribution in [-0.4, -0.2) is 7.11 Å². The number of halogens is 1. The summed E-state index contributed by atoms with van der Waals surface area (Å²) in [5.41, 5.74) is 0. The van der Waals surface area contributed by atoms with E-state index in [0.29, 0.717) is 0 Å². The number of ether oxygens (including phenoxy) is 1. The van der Waals surface area contributed by atoms with Crippen LogP contribution in [-0.2, 0) is 18.3 Å². The van der Waals surface area contributed by atoms with E-state index in [1.807, 2.05) is 12.1 Å². The van der Waals surface area contributed by atoms with Gasteiger partial charge in [-0.25, -0.2) is 0 Å². The zero-order valence-corrected chi connectivity index (χ0v) is 10.9. The second-order valence-electron chi connectivity index (χ2n) is 1.85. The van der Waals surface area contributed by atoms with Crippen molar-refractivity contribution < 1.29 is 47.0 Å². The Labute approximate surface area is 87.9 Å². The first-order valence-electron chi connectivity index (χ1n) is 2.79. The minimum absolute atomic E-state index is 0. The van der Waals surface area contributed by atoms with E-state index in [2.05, 4.69) is 12.1 Å². The van der Waals surface area contributed by atoms with Crippen LogP contribution in [0.3, 0.4) is 0 Å². The van der Waals surface area contributed by atoms with E-state index in [4.69, 9.17) is 4.74 Å². The predicted molar refractivity (Wildman–Crippen MR) is 32.6 cm³/mol. The van der Waals surface area contributed by atoms with E-state index < -0.39 is 0 Å².